The predicted molar refractivity (Wildman–Crippen MR) is 141 cm³/mol. The SMILES string of the molecule is Cc1ccc(C(=O)N2CC(=O)N(C3CCCCC3)CC(OCc3ccccc3)C2)cc1N1CCNC1=O. The number of ether oxygens (including phenoxy) is 1. The van der Waals surface area contributed by atoms with Crippen LogP contribution in [0.25, 0.3) is 0 Å². The summed E-state index contributed by atoms with van der Waals surface area (Å²) in [6.07, 6.45) is 5.19. The fourth-order valence-corrected chi connectivity index (χ4v) is 5.65. The molecule has 5 rings (SSSR count). The lowest BCUT2D eigenvalue weighted by Gasteiger charge is -2.34. The molecule has 1 saturated carbocycles. The van der Waals surface area contributed by atoms with E-state index in [1.54, 1.807) is 21.9 Å². The summed E-state index contributed by atoms with van der Waals surface area (Å²) in [4.78, 5) is 44.7. The second-order valence-electron chi connectivity index (χ2n) is 10.3. The van der Waals surface area contributed by atoms with Crippen LogP contribution in [0, 0.1) is 6.92 Å². The summed E-state index contributed by atoms with van der Waals surface area (Å²) in [7, 11) is 0. The van der Waals surface area contributed by atoms with Gasteiger partial charge in [0.2, 0.25) is 5.91 Å². The first kappa shape index (κ1) is 25.3. The third-order valence-corrected chi connectivity index (χ3v) is 7.71. The molecule has 1 unspecified atom stereocenters. The zero-order chi connectivity index (χ0) is 25.8. The van der Waals surface area contributed by atoms with Crippen molar-refractivity contribution >= 4 is 23.5 Å². The molecule has 8 heteroatoms. The van der Waals surface area contributed by atoms with E-state index in [2.05, 4.69) is 5.32 Å². The average Bonchev–Trinajstić information content (AvgIpc) is 3.27. The third-order valence-electron chi connectivity index (χ3n) is 7.71. The smallest absolute Gasteiger partial charge is 0.322 e. The van der Waals surface area contributed by atoms with Gasteiger partial charge in [0.05, 0.1) is 12.7 Å². The second kappa shape index (κ2) is 11.3. The molecule has 2 aromatic carbocycles. The van der Waals surface area contributed by atoms with Crippen LogP contribution in [0.2, 0.25) is 0 Å². The van der Waals surface area contributed by atoms with Crippen LogP contribution in [0.5, 0.6) is 0 Å². The van der Waals surface area contributed by atoms with Crippen molar-refractivity contribution in [3.05, 3.63) is 65.2 Å². The van der Waals surface area contributed by atoms with Crippen molar-refractivity contribution < 1.29 is 19.1 Å². The normalized spacial score (nSPS) is 21.2. The number of hydrogen-bond acceptors (Lipinski definition) is 4. The van der Waals surface area contributed by atoms with E-state index in [9.17, 15) is 14.4 Å². The van der Waals surface area contributed by atoms with Gasteiger partial charge in [-0.05, 0) is 43.0 Å². The lowest BCUT2D eigenvalue weighted by molar-refractivity contribution is -0.134. The van der Waals surface area contributed by atoms with Crippen molar-refractivity contribution in [3.8, 4) is 0 Å². The number of nitrogens with zero attached hydrogens (tertiary/aromatic N) is 3. The fourth-order valence-electron chi connectivity index (χ4n) is 5.65. The topological polar surface area (TPSA) is 82.2 Å². The Morgan fingerprint density at radius 2 is 1.81 bits per heavy atom. The Kier molecular flexibility index (Phi) is 7.74. The molecule has 2 aliphatic heterocycles. The zero-order valence-electron chi connectivity index (χ0n) is 21.5. The largest absolute Gasteiger partial charge is 0.370 e. The molecule has 1 N–H and O–H groups in total. The minimum atomic E-state index is -0.285. The van der Waals surface area contributed by atoms with Gasteiger partial charge in [0.25, 0.3) is 5.91 Å². The number of aryl methyl sites for hydroxylation is 1. The number of rotatable bonds is 6. The molecule has 4 amide bonds. The van der Waals surface area contributed by atoms with E-state index < -0.39 is 0 Å². The van der Waals surface area contributed by atoms with Crippen LogP contribution in [-0.2, 0) is 16.1 Å². The number of anilines is 1. The van der Waals surface area contributed by atoms with Crippen molar-refractivity contribution in [2.75, 3.05) is 37.6 Å². The van der Waals surface area contributed by atoms with Crippen molar-refractivity contribution in [2.24, 2.45) is 0 Å². The van der Waals surface area contributed by atoms with E-state index in [-0.39, 0.29) is 36.5 Å². The number of carbonyl (C=O) groups is 3. The van der Waals surface area contributed by atoms with Crippen LogP contribution in [0.1, 0.15) is 53.6 Å². The minimum Gasteiger partial charge on any atom is -0.370 e. The zero-order valence-corrected chi connectivity index (χ0v) is 21.5. The first-order chi connectivity index (χ1) is 18.0. The maximum absolute atomic E-state index is 13.7. The Hall–Kier alpha value is -3.39. The van der Waals surface area contributed by atoms with Crippen molar-refractivity contribution in [1.82, 2.24) is 15.1 Å². The van der Waals surface area contributed by atoms with Crippen LogP contribution >= 0.6 is 0 Å². The van der Waals surface area contributed by atoms with Crippen LogP contribution in [0.4, 0.5) is 10.5 Å². The third kappa shape index (κ3) is 5.80. The summed E-state index contributed by atoms with van der Waals surface area (Å²) in [5, 5.41) is 2.82. The predicted octanol–water partition coefficient (Wildman–Crippen LogP) is 3.73. The summed E-state index contributed by atoms with van der Waals surface area (Å²) in [6.45, 7) is 4.37. The highest BCUT2D eigenvalue weighted by Crippen LogP contribution is 2.27. The first-order valence-electron chi connectivity index (χ1n) is 13.4. The van der Waals surface area contributed by atoms with Gasteiger partial charge in [-0.2, -0.15) is 0 Å². The number of hydrogen-bond donors (Lipinski definition) is 1. The molecule has 37 heavy (non-hydrogen) atoms. The van der Waals surface area contributed by atoms with Gasteiger partial charge in [-0.25, -0.2) is 4.79 Å². The molecule has 0 aromatic heterocycles. The molecule has 1 aliphatic carbocycles. The van der Waals surface area contributed by atoms with E-state index in [4.69, 9.17) is 4.74 Å². The second-order valence-corrected chi connectivity index (χ2v) is 10.3. The number of amides is 4. The molecule has 0 bridgehead atoms. The molecule has 2 saturated heterocycles. The Bertz CT molecular complexity index is 1130. The number of carbonyl (C=O) groups excluding carboxylic acids is 3. The maximum Gasteiger partial charge on any atom is 0.322 e. The van der Waals surface area contributed by atoms with E-state index in [1.165, 1.54) is 6.42 Å². The van der Waals surface area contributed by atoms with E-state index >= 15 is 0 Å². The highest BCUT2D eigenvalue weighted by Gasteiger charge is 2.35. The quantitative estimate of drug-likeness (QED) is 0.650. The maximum atomic E-state index is 13.7. The summed E-state index contributed by atoms with van der Waals surface area (Å²) in [6, 6.07) is 15.4. The lowest BCUT2D eigenvalue weighted by atomic mass is 9.94. The van der Waals surface area contributed by atoms with Crippen LogP contribution in [-0.4, -0.2) is 72.5 Å². The van der Waals surface area contributed by atoms with Crippen molar-refractivity contribution in [1.29, 1.82) is 0 Å². The molecule has 0 spiro atoms. The highest BCUT2D eigenvalue weighted by molar-refractivity contribution is 6.00. The molecule has 2 heterocycles. The lowest BCUT2D eigenvalue weighted by Crippen LogP contribution is -2.46. The van der Waals surface area contributed by atoms with Gasteiger partial charge in [0, 0.05) is 43.5 Å². The minimum absolute atomic E-state index is 0.0164. The highest BCUT2D eigenvalue weighted by atomic mass is 16.5. The molecule has 8 nitrogen and oxygen atoms in total. The Labute approximate surface area is 218 Å². The van der Waals surface area contributed by atoms with Crippen LogP contribution < -0.4 is 10.2 Å². The van der Waals surface area contributed by atoms with Crippen molar-refractivity contribution in [3.63, 3.8) is 0 Å². The monoisotopic (exact) mass is 504 g/mol. The van der Waals surface area contributed by atoms with E-state index in [0.717, 1.165) is 42.5 Å². The van der Waals surface area contributed by atoms with Gasteiger partial charge in [0.1, 0.15) is 6.54 Å². The molecule has 1 atom stereocenters. The molecule has 3 aliphatic rings. The van der Waals surface area contributed by atoms with Gasteiger partial charge in [-0.15, -0.1) is 0 Å². The molecule has 3 fully saturated rings. The van der Waals surface area contributed by atoms with Gasteiger partial charge in [-0.1, -0.05) is 55.7 Å². The van der Waals surface area contributed by atoms with Gasteiger partial charge in [-0.3, -0.25) is 14.5 Å². The number of urea groups is 1. The number of benzene rings is 2. The molecule has 196 valence electrons. The van der Waals surface area contributed by atoms with E-state index in [1.807, 2.05) is 48.2 Å². The summed E-state index contributed by atoms with van der Waals surface area (Å²) >= 11 is 0. The Morgan fingerprint density at radius 3 is 2.54 bits per heavy atom. The Morgan fingerprint density at radius 1 is 1.03 bits per heavy atom. The average molecular weight is 505 g/mol. The first-order valence-corrected chi connectivity index (χ1v) is 13.4. The fraction of sp³-hybridized carbons (Fsp3) is 0.483. The standard InChI is InChI=1S/C29H36N4O4/c1-21-12-13-23(16-26(21)32-15-14-30-29(32)36)28(35)31-17-25(37-20-22-8-4-2-5-9-22)18-33(27(34)19-31)24-10-6-3-7-11-24/h2,4-5,8-9,12-13,16,24-25H,3,6-7,10-11,14-15,17-20H2,1H3,(H,30,36). The molecule has 0 radical (unpaired) electrons. The summed E-state index contributed by atoms with van der Waals surface area (Å²) in [5.41, 5.74) is 3.18. The van der Waals surface area contributed by atoms with Gasteiger partial charge in [0.15, 0.2) is 0 Å². The van der Waals surface area contributed by atoms with E-state index in [0.29, 0.717) is 38.3 Å². The van der Waals surface area contributed by atoms with Crippen LogP contribution in [0.3, 0.4) is 0 Å². The molecule has 2 aromatic rings. The molecular weight excluding hydrogens is 468 g/mol. The number of nitrogens with one attached hydrogen (secondary N) is 1. The summed E-state index contributed by atoms with van der Waals surface area (Å²) in [5.74, 6) is -0.231. The Balaban J connectivity index is 1.37. The molecular formula is C29H36N4O4. The van der Waals surface area contributed by atoms with Gasteiger partial charge >= 0.3 is 6.03 Å². The van der Waals surface area contributed by atoms with Crippen LogP contribution in [0.15, 0.2) is 48.5 Å². The van der Waals surface area contributed by atoms with Crippen molar-refractivity contribution in [2.45, 2.75) is 57.8 Å². The van der Waals surface area contributed by atoms with Gasteiger partial charge < -0.3 is 19.9 Å². The summed E-state index contributed by atoms with van der Waals surface area (Å²) < 4.78 is 6.32.